The molecule has 2 unspecified atom stereocenters. The van der Waals surface area contributed by atoms with E-state index >= 15 is 0 Å². The molecule has 5 heteroatoms. The molecule has 3 rings (SSSR count). The lowest BCUT2D eigenvalue weighted by Crippen LogP contribution is -2.65. The average molecular weight is 384 g/mol. The summed E-state index contributed by atoms with van der Waals surface area (Å²) >= 11 is 2.22. The minimum Gasteiger partial charge on any atom is -0.329 e. The van der Waals surface area contributed by atoms with Gasteiger partial charge in [-0.05, 0) is 60.9 Å². The van der Waals surface area contributed by atoms with Gasteiger partial charge in [0.1, 0.15) is 12.1 Å². The number of nitrogens with zero attached hydrogens (tertiary/aromatic N) is 2. The number of fused-ring (bicyclic) bond motifs is 1. The molecule has 20 heavy (non-hydrogen) atoms. The molecule has 2 heterocycles. The Bertz CT molecular complexity index is 561. The average Bonchev–Trinajstić information content (AvgIpc) is 2.47. The number of carbonyl (C=O) groups is 2. The topological polar surface area (TPSA) is 40.6 Å². The molecule has 0 radical (unpaired) electrons. The number of anilines is 1. The van der Waals surface area contributed by atoms with Crippen LogP contribution in [0.25, 0.3) is 0 Å². The molecule has 2 aliphatic heterocycles. The molecular formula is C15H17IN2O2. The van der Waals surface area contributed by atoms with Crippen molar-refractivity contribution in [3.63, 3.8) is 0 Å². The molecule has 0 bridgehead atoms. The summed E-state index contributed by atoms with van der Waals surface area (Å²) in [5, 5.41) is 0. The quantitative estimate of drug-likeness (QED) is 0.698. The first-order valence-corrected chi connectivity index (χ1v) is 8.07. The van der Waals surface area contributed by atoms with E-state index in [4.69, 9.17) is 0 Å². The largest absolute Gasteiger partial charge is 0.329 e. The molecule has 1 aromatic rings. The smallest absolute Gasteiger partial charge is 0.250 e. The Kier molecular flexibility index (Phi) is 3.70. The van der Waals surface area contributed by atoms with Gasteiger partial charge in [0, 0.05) is 10.1 Å². The van der Waals surface area contributed by atoms with Gasteiger partial charge in [0.2, 0.25) is 5.91 Å². The molecule has 2 fully saturated rings. The van der Waals surface area contributed by atoms with E-state index in [-0.39, 0.29) is 17.9 Å². The minimum absolute atomic E-state index is 0.0703. The second-order valence-electron chi connectivity index (χ2n) is 5.38. The molecule has 1 aromatic carbocycles. The summed E-state index contributed by atoms with van der Waals surface area (Å²) in [6.07, 6.45) is 2.82. The summed E-state index contributed by atoms with van der Waals surface area (Å²) in [5.74, 6) is 0.148. The van der Waals surface area contributed by atoms with Crippen LogP contribution in [0, 0.1) is 3.57 Å². The highest BCUT2D eigenvalue weighted by molar-refractivity contribution is 14.1. The number of carbonyl (C=O) groups excluding carboxylic acids is 2. The Hall–Kier alpha value is -1.11. The van der Waals surface area contributed by atoms with E-state index in [9.17, 15) is 9.59 Å². The van der Waals surface area contributed by atoms with Gasteiger partial charge in [-0.2, -0.15) is 0 Å². The Balaban J connectivity index is 2.01. The summed E-state index contributed by atoms with van der Waals surface area (Å²) in [4.78, 5) is 28.8. The van der Waals surface area contributed by atoms with E-state index < -0.39 is 6.04 Å². The van der Waals surface area contributed by atoms with Crippen molar-refractivity contribution in [2.24, 2.45) is 0 Å². The fourth-order valence-electron chi connectivity index (χ4n) is 3.13. The van der Waals surface area contributed by atoms with Crippen molar-refractivity contribution < 1.29 is 9.59 Å². The van der Waals surface area contributed by atoms with Crippen molar-refractivity contribution in [3.05, 3.63) is 27.8 Å². The molecule has 2 saturated heterocycles. The van der Waals surface area contributed by atoms with Crippen LogP contribution in [-0.4, -0.2) is 35.3 Å². The zero-order valence-electron chi connectivity index (χ0n) is 11.4. The number of amides is 2. The number of hydrogen-bond donors (Lipinski definition) is 0. The zero-order valence-corrected chi connectivity index (χ0v) is 13.5. The normalized spacial score (nSPS) is 26.7. The first-order valence-electron chi connectivity index (χ1n) is 6.99. The molecule has 2 amide bonds. The maximum atomic E-state index is 12.8. The van der Waals surface area contributed by atoms with Crippen LogP contribution in [0.15, 0.2) is 24.3 Å². The molecule has 2 aliphatic rings. The van der Waals surface area contributed by atoms with E-state index in [1.807, 2.05) is 31.2 Å². The van der Waals surface area contributed by atoms with Crippen LogP contribution >= 0.6 is 22.6 Å². The van der Waals surface area contributed by atoms with Crippen molar-refractivity contribution in [1.82, 2.24) is 4.90 Å². The summed E-state index contributed by atoms with van der Waals surface area (Å²) in [6, 6.07) is 7.07. The molecule has 0 N–H and O–H groups in total. The third-order valence-electron chi connectivity index (χ3n) is 4.17. The summed E-state index contributed by atoms with van der Waals surface area (Å²) in [5.41, 5.74) is 0.851. The predicted molar refractivity (Wildman–Crippen MR) is 85.5 cm³/mol. The molecule has 2 atom stereocenters. The molecule has 0 aliphatic carbocycles. The molecular weight excluding hydrogens is 367 g/mol. The zero-order chi connectivity index (χ0) is 14.3. The minimum atomic E-state index is -0.409. The van der Waals surface area contributed by atoms with Gasteiger partial charge in [0.25, 0.3) is 5.91 Å². The van der Waals surface area contributed by atoms with Crippen LogP contribution in [0.1, 0.15) is 26.2 Å². The third kappa shape index (κ3) is 2.12. The van der Waals surface area contributed by atoms with Crippen LogP contribution in [0.4, 0.5) is 5.69 Å². The van der Waals surface area contributed by atoms with Gasteiger partial charge < -0.3 is 4.90 Å². The molecule has 4 nitrogen and oxygen atoms in total. The number of hydrogen-bond acceptors (Lipinski definition) is 2. The Labute approximate surface area is 132 Å². The van der Waals surface area contributed by atoms with E-state index in [2.05, 4.69) is 22.6 Å². The Morgan fingerprint density at radius 3 is 2.65 bits per heavy atom. The second kappa shape index (κ2) is 5.35. The SMILES string of the molecule is CC1C(=O)N2CCCCC2C(=O)N1c1ccccc1I. The van der Waals surface area contributed by atoms with E-state index in [1.54, 1.807) is 9.80 Å². The Morgan fingerprint density at radius 2 is 1.90 bits per heavy atom. The van der Waals surface area contributed by atoms with Gasteiger partial charge in [-0.25, -0.2) is 0 Å². The lowest BCUT2D eigenvalue weighted by atomic mass is 9.95. The first-order chi connectivity index (χ1) is 9.61. The van der Waals surface area contributed by atoms with Gasteiger partial charge in [-0.3, -0.25) is 14.5 Å². The summed E-state index contributed by atoms with van der Waals surface area (Å²) in [7, 11) is 0. The van der Waals surface area contributed by atoms with Crippen molar-refractivity contribution in [2.45, 2.75) is 38.3 Å². The molecule has 0 aromatic heterocycles. The van der Waals surface area contributed by atoms with Crippen LogP contribution < -0.4 is 4.90 Å². The van der Waals surface area contributed by atoms with Gasteiger partial charge in [0.15, 0.2) is 0 Å². The lowest BCUT2D eigenvalue weighted by molar-refractivity contribution is -0.147. The van der Waals surface area contributed by atoms with Gasteiger partial charge in [0.05, 0.1) is 5.69 Å². The maximum Gasteiger partial charge on any atom is 0.250 e. The van der Waals surface area contributed by atoms with Crippen LogP contribution in [0.2, 0.25) is 0 Å². The predicted octanol–water partition coefficient (Wildman–Crippen LogP) is 2.41. The highest BCUT2D eigenvalue weighted by Gasteiger charge is 2.45. The van der Waals surface area contributed by atoms with Crippen LogP contribution in [0.3, 0.4) is 0 Å². The number of para-hydroxylation sites is 1. The van der Waals surface area contributed by atoms with Gasteiger partial charge in [-0.1, -0.05) is 12.1 Å². The Morgan fingerprint density at radius 1 is 1.15 bits per heavy atom. The monoisotopic (exact) mass is 384 g/mol. The maximum absolute atomic E-state index is 12.8. The van der Waals surface area contributed by atoms with Crippen molar-refractivity contribution in [2.75, 3.05) is 11.4 Å². The van der Waals surface area contributed by atoms with Crippen molar-refractivity contribution in [3.8, 4) is 0 Å². The number of rotatable bonds is 1. The summed E-state index contributed by atoms with van der Waals surface area (Å²) < 4.78 is 1.00. The second-order valence-corrected chi connectivity index (χ2v) is 6.54. The molecule has 0 saturated carbocycles. The first kappa shape index (κ1) is 13.9. The fraction of sp³-hybridized carbons (Fsp3) is 0.467. The molecule has 106 valence electrons. The number of halogens is 1. The lowest BCUT2D eigenvalue weighted by Gasteiger charge is -2.46. The number of benzene rings is 1. The molecule has 0 spiro atoms. The van der Waals surface area contributed by atoms with Gasteiger partial charge in [-0.15, -0.1) is 0 Å². The van der Waals surface area contributed by atoms with Crippen LogP contribution in [0.5, 0.6) is 0 Å². The third-order valence-corrected chi connectivity index (χ3v) is 5.08. The highest BCUT2D eigenvalue weighted by atomic mass is 127. The highest BCUT2D eigenvalue weighted by Crippen LogP contribution is 2.32. The van der Waals surface area contributed by atoms with Crippen molar-refractivity contribution in [1.29, 1.82) is 0 Å². The van der Waals surface area contributed by atoms with Crippen molar-refractivity contribution >= 4 is 40.1 Å². The standard InChI is InChI=1S/C15H17IN2O2/c1-10-14(19)17-9-5-4-8-13(17)15(20)18(10)12-7-3-2-6-11(12)16/h2-3,6-7,10,13H,4-5,8-9H2,1H3. The summed E-state index contributed by atoms with van der Waals surface area (Å²) in [6.45, 7) is 2.55. The van der Waals surface area contributed by atoms with E-state index in [1.165, 1.54) is 0 Å². The van der Waals surface area contributed by atoms with E-state index in [0.717, 1.165) is 35.1 Å². The fourth-order valence-corrected chi connectivity index (χ4v) is 3.78. The van der Waals surface area contributed by atoms with E-state index in [0.29, 0.717) is 0 Å². The van der Waals surface area contributed by atoms with Gasteiger partial charge >= 0.3 is 0 Å². The van der Waals surface area contributed by atoms with Crippen LogP contribution in [-0.2, 0) is 9.59 Å². The number of piperidine rings is 1. The number of piperazine rings is 1.